The van der Waals surface area contributed by atoms with Gasteiger partial charge in [0.25, 0.3) is 0 Å². The van der Waals surface area contributed by atoms with Gasteiger partial charge in [-0.1, -0.05) is 0 Å². The quantitative estimate of drug-likeness (QED) is 0.528. The minimum atomic E-state index is 0.272. The molecule has 0 spiro atoms. The number of unbranched alkanes of at least 4 members (excludes halogenated alkanes) is 1. The van der Waals surface area contributed by atoms with Gasteiger partial charge in [0.2, 0.25) is 5.95 Å². The zero-order valence-corrected chi connectivity index (χ0v) is 12.3. The van der Waals surface area contributed by atoms with Crippen LogP contribution in [0.5, 0.6) is 0 Å². The van der Waals surface area contributed by atoms with Gasteiger partial charge >= 0.3 is 0 Å². The van der Waals surface area contributed by atoms with Crippen LogP contribution in [0.1, 0.15) is 19.8 Å². The molecule has 0 unspecified atom stereocenters. The minimum absolute atomic E-state index is 0.272. The summed E-state index contributed by atoms with van der Waals surface area (Å²) in [6.07, 6.45) is 2.00. The van der Waals surface area contributed by atoms with Crippen molar-refractivity contribution < 1.29 is 9.47 Å². The molecule has 0 fully saturated rings. The van der Waals surface area contributed by atoms with E-state index in [0.29, 0.717) is 13.2 Å². The van der Waals surface area contributed by atoms with Crippen molar-refractivity contribution in [1.82, 2.24) is 9.97 Å². The van der Waals surface area contributed by atoms with E-state index in [2.05, 4.69) is 20.6 Å². The Morgan fingerprint density at radius 2 is 1.85 bits per heavy atom. The fourth-order valence-electron chi connectivity index (χ4n) is 1.62. The van der Waals surface area contributed by atoms with Gasteiger partial charge in [-0.15, -0.1) is 0 Å². The van der Waals surface area contributed by atoms with E-state index in [1.807, 2.05) is 13.0 Å². The fourth-order valence-corrected chi connectivity index (χ4v) is 1.62. The van der Waals surface area contributed by atoms with Crippen LogP contribution in [0.4, 0.5) is 17.6 Å². The van der Waals surface area contributed by atoms with Gasteiger partial charge in [0, 0.05) is 32.9 Å². The van der Waals surface area contributed by atoms with Gasteiger partial charge in [0.05, 0.1) is 13.2 Å². The summed E-state index contributed by atoms with van der Waals surface area (Å²) in [4.78, 5) is 8.24. The molecule has 1 rings (SSSR count). The molecule has 1 aromatic heterocycles. The highest BCUT2D eigenvalue weighted by atomic mass is 16.5. The van der Waals surface area contributed by atoms with E-state index in [-0.39, 0.29) is 5.95 Å². The van der Waals surface area contributed by atoms with Crippen LogP contribution in [0.2, 0.25) is 0 Å². The third kappa shape index (κ3) is 7.10. The molecule has 1 heterocycles. The smallest absolute Gasteiger partial charge is 0.223 e. The van der Waals surface area contributed by atoms with Crippen molar-refractivity contribution in [2.24, 2.45) is 0 Å². The van der Waals surface area contributed by atoms with E-state index in [1.54, 1.807) is 7.11 Å². The molecule has 0 aliphatic carbocycles. The van der Waals surface area contributed by atoms with E-state index >= 15 is 0 Å². The lowest BCUT2D eigenvalue weighted by atomic mass is 10.3. The molecule has 0 radical (unpaired) electrons. The second-order valence-electron chi connectivity index (χ2n) is 4.27. The maximum absolute atomic E-state index is 5.65. The standard InChI is InChI=1S/C13H25N5O2/c1-3-15-11-10-12(18-13(14)17-11)16-6-4-5-7-20-9-8-19-2/h10H,3-9H2,1-2H3,(H4,14,15,16,17,18). The van der Waals surface area contributed by atoms with Gasteiger partial charge in [0.15, 0.2) is 0 Å². The number of nitrogen functional groups attached to an aromatic ring is 1. The first kappa shape index (κ1) is 16.5. The van der Waals surface area contributed by atoms with Crippen LogP contribution >= 0.6 is 0 Å². The number of nitrogens with zero attached hydrogens (tertiary/aromatic N) is 2. The summed E-state index contributed by atoms with van der Waals surface area (Å²) < 4.78 is 10.3. The van der Waals surface area contributed by atoms with Crippen LogP contribution in [0.25, 0.3) is 0 Å². The van der Waals surface area contributed by atoms with Gasteiger partial charge in [0.1, 0.15) is 11.6 Å². The SMILES string of the molecule is CCNc1cc(NCCCCOCCOC)nc(N)n1. The predicted molar refractivity (Wildman–Crippen MR) is 81.0 cm³/mol. The molecule has 114 valence electrons. The van der Waals surface area contributed by atoms with E-state index in [4.69, 9.17) is 15.2 Å². The number of hydrogen-bond acceptors (Lipinski definition) is 7. The topological polar surface area (TPSA) is 94.3 Å². The zero-order valence-electron chi connectivity index (χ0n) is 12.3. The Morgan fingerprint density at radius 3 is 2.55 bits per heavy atom. The van der Waals surface area contributed by atoms with Crippen molar-refractivity contribution >= 4 is 17.6 Å². The minimum Gasteiger partial charge on any atom is -0.382 e. The van der Waals surface area contributed by atoms with Gasteiger partial charge in [-0.2, -0.15) is 9.97 Å². The molecule has 0 saturated carbocycles. The zero-order chi connectivity index (χ0) is 14.6. The summed E-state index contributed by atoms with van der Waals surface area (Å²) in [6, 6.07) is 1.86. The molecule has 7 nitrogen and oxygen atoms in total. The first-order valence-corrected chi connectivity index (χ1v) is 6.95. The summed E-state index contributed by atoms with van der Waals surface area (Å²) in [5.74, 6) is 1.76. The lowest BCUT2D eigenvalue weighted by Gasteiger charge is -2.09. The summed E-state index contributed by atoms with van der Waals surface area (Å²) in [6.45, 7) is 5.68. The molecule has 0 amide bonds. The Balaban J connectivity index is 2.18. The Labute approximate surface area is 120 Å². The monoisotopic (exact) mass is 283 g/mol. The molecular formula is C13H25N5O2. The first-order valence-electron chi connectivity index (χ1n) is 6.95. The normalized spacial score (nSPS) is 10.5. The summed E-state index contributed by atoms with van der Waals surface area (Å²) in [5.41, 5.74) is 5.65. The number of rotatable bonds is 11. The van der Waals surface area contributed by atoms with Crippen LogP contribution in [-0.2, 0) is 9.47 Å². The number of aromatic nitrogens is 2. The Bertz CT molecular complexity index is 376. The second kappa shape index (κ2) is 10.2. The van der Waals surface area contributed by atoms with E-state index in [9.17, 15) is 0 Å². The van der Waals surface area contributed by atoms with Crippen LogP contribution in [0.15, 0.2) is 6.07 Å². The average Bonchev–Trinajstić information content (AvgIpc) is 2.41. The number of nitrogens with one attached hydrogen (secondary N) is 2. The second-order valence-corrected chi connectivity index (χ2v) is 4.27. The van der Waals surface area contributed by atoms with Crippen LogP contribution in [-0.4, -0.2) is 50.0 Å². The number of anilines is 3. The summed E-state index contributed by atoms with van der Waals surface area (Å²) in [7, 11) is 1.67. The summed E-state index contributed by atoms with van der Waals surface area (Å²) >= 11 is 0. The number of nitrogens with two attached hydrogens (primary N) is 1. The molecule has 0 aliphatic rings. The number of ether oxygens (including phenoxy) is 2. The fraction of sp³-hybridized carbons (Fsp3) is 0.692. The van der Waals surface area contributed by atoms with Crippen molar-refractivity contribution in [2.75, 3.05) is 56.4 Å². The highest BCUT2D eigenvalue weighted by molar-refractivity contribution is 5.50. The molecule has 4 N–H and O–H groups in total. The van der Waals surface area contributed by atoms with Crippen molar-refractivity contribution in [3.8, 4) is 0 Å². The third-order valence-electron chi connectivity index (χ3n) is 2.55. The molecule has 1 aromatic rings. The lowest BCUT2D eigenvalue weighted by molar-refractivity contribution is 0.0691. The third-order valence-corrected chi connectivity index (χ3v) is 2.55. The summed E-state index contributed by atoms with van der Waals surface area (Å²) in [5, 5.41) is 6.35. The predicted octanol–water partition coefficient (Wildman–Crippen LogP) is 1.35. The molecule has 0 aromatic carbocycles. The van der Waals surface area contributed by atoms with Gasteiger partial charge in [-0.05, 0) is 19.8 Å². The highest BCUT2D eigenvalue weighted by Gasteiger charge is 2.01. The lowest BCUT2D eigenvalue weighted by Crippen LogP contribution is -2.09. The van der Waals surface area contributed by atoms with Crippen molar-refractivity contribution in [1.29, 1.82) is 0 Å². The molecule has 20 heavy (non-hydrogen) atoms. The van der Waals surface area contributed by atoms with E-state index in [1.165, 1.54) is 0 Å². The Morgan fingerprint density at radius 1 is 1.10 bits per heavy atom. The Hall–Kier alpha value is -1.60. The maximum atomic E-state index is 5.65. The van der Waals surface area contributed by atoms with Gasteiger partial charge in [-0.3, -0.25) is 0 Å². The number of hydrogen-bond donors (Lipinski definition) is 3. The molecule has 0 atom stereocenters. The maximum Gasteiger partial charge on any atom is 0.223 e. The first-order chi connectivity index (χ1) is 9.76. The van der Waals surface area contributed by atoms with E-state index < -0.39 is 0 Å². The molecule has 7 heteroatoms. The Kier molecular flexibility index (Phi) is 8.41. The van der Waals surface area contributed by atoms with Crippen LogP contribution in [0, 0.1) is 0 Å². The average molecular weight is 283 g/mol. The highest BCUT2D eigenvalue weighted by Crippen LogP contribution is 2.12. The number of methoxy groups -OCH3 is 1. The molecule has 0 aliphatic heterocycles. The molecule has 0 saturated heterocycles. The van der Waals surface area contributed by atoms with Gasteiger partial charge < -0.3 is 25.8 Å². The molecular weight excluding hydrogens is 258 g/mol. The van der Waals surface area contributed by atoms with Crippen LogP contribution in [0.3, 0.4) is 0 Å². The largest absolute Gasteiger partial charge is 0.382 e. The van der Waals surface area contributed by atoms with Crippen molar-refractivity contribution in [2.45, 2.75) is 19.8 Å². The van der Waals surface area contributed by atoms with Crippen molar-refractivity contribution in [3.05, 3.63) is 6.07 Å². The van der Waals surface area contributed by atoms with Crippen molar-refractivity contribution in [3.63, 3.8) is 0 Å². The van der Waals surface area contributed by atoms with E-state index in [0.717, 1.165) is 44.2 Å². The van der Waals surface area contributed by atoms with Gasteiger partial charge in [-0.25, -0.2) is 0 Å². The molecule has 0 bridgehead atoms. The van der Waals surface area contributed by atoms with Crippen LogP contribution < -0.4 is 16.4 Å².